The third kappa shape index (κ3) is 2.23. The van der Waals surface area contributed by atoms with E-state index in [1.54, 1.807) is 0 Å². The number of hydrogen-bond donors (Lipinski definition) is 0. The smallest absolute Gasteiger partial charge is 0.0274 e. The quantitative estimate of drug-likeness (QED) is 0.639. The van der Waals surface area contributed by atoms with Crippen LogP contribution in [0.3, 0.4) is 0 Å². The monoisotopic (exact) mass is 275 g/mol. The van der Waals surface area contributed by atoms with Gasteiger partial charge in [-0.05, 0) is 53.7 Å². The summed E-state index contributed by atoms with van der Waals surface area (Å²) in [5, 5.41) is 0. The summed E-state index contributed by atoms with van der Waals surface area (Å²) in [7, 11) is 0. The number of fused-ring (bicyclic) bond motifs is 1. The van der Waals surface area contributed by atoms with Gasteiger partial charge >= 0.3 is 0 Å². The van der Waals surface area contributed by atoms with Gasteiger partial charge in [-0.15, -0.1) is 0 Å². The largest absolute Gasteiger partial charge is 0.0651 e. The topological polar surface area (TPSA) is 0 Å². The average molecular weight is 275 g/mol. The van der Waals surface area contributed by atoms with E-state index in [1.807, 2.05) is 0 Å². The summed E-state index contributed by atoms with van der Waals surface area (Å²) >= 11 is 0. The summed E-state index contributed by atoms with van der Waals surface area (Å²) in [6.45, 7) is 8.99. The molecular formula is C21H23. The minimum Gasteiger partial charge on any atom is -0.0651 e. The number of allylic oxidation sites excluding steroid dienone is 2. The summed E-state index contributed by atoms with van der Waals surface area (Å²) in [6.07, 6.45) is 2.33. The van der Waals surface area contributed by atoms with Crippen molar-refractivity contribution in [3.8, 4) is 11.1 Å². The third-order valence-electron chi connectivity index (χ3n) is 4.80. The maximum atomic E-state index is 2.28. The Labute approximate surface area is 128 Å². The zero-order valence-electron chi connectivity index (χ0n) is 13.5. The molecule has 1 aliphatic carbocycles. The van der Waals surface area contributed by atoms with Crippen molar-refractivity contribution in [2.75, 3.05) is 0 Å². The number of hydrogen-bond acceptors (Lipinski definition) is 0. The molecule has 107 valence electrons. The Morgan fingerprint density at radius 1 is 0.714 bits per heavy atom. The van der Waals surface area contributed by atoms with Crippen LogP contribution in [-0.2, 0) is 6.42 Å². The van der Waals surface area contributed by atoms with E-state index in [9.17, 15) is 0 Å². The molecule has 0 nitrogen and oxygen atoms in total. The molecule has 3 rings (SSSR count). The van der Waals surface area contributed by atoms with Crippen LogP contribution in [0.25, 0.3) is 16.7 Å². The molecule has 0 bridgehead atoms. The predicted octanol–water partition coefficient (Wildman–Crippen LogP) is 6.06. The van der Waals surface area contributed by atoms with Gasteiger partial charge in [0.1, 0.15) is 0 Å². The van der Waals surface area contributed by atoms with Crippen molar-refractivity contribution in [3.05, 3.63) is 70.6 Å². The molecule has 2 aromatic carbocycles. The van der Waals surface area contributed by atoms with Crippen LogP contribution in [0, 0.1) is 5.92 Å². The highest BCUT2D eigenvalue weighted by Gasteiger charge is 2.26. The standard InChI is InChI=1S/C21H23/c1-5-9-17-10-6-7-11-19(17)20-13-8-12-18-15(3)14(2)16(4)21(18)20/h6-8,10-13H,5,9H2,1-4H3. The van der Waals surface area contributed by atoms with Gasteiger partial charge in [0.05, 0.1) is 0 Å². The van der Waals surface area contributed by atoms with Crippen molar-refractivity contribution >= 4 is 5.57 Å². The zero-order chi connectivity index (χ0) is 15.0. The summed E-state index contributed by atoms with van der Waals surface area (Å²) < 4.78 is 0. The molecular weight excluding hydrogens is 252 g/mol. The first kappa shape index (κ1) is 14.1. The van der Waals surface area contributed by atoms with Crippen LogP contribution in [-0.4, -0.2) is 0 Å². The lowest BCUT2D eigenvalue weighted by atomic mass is 9.89. The zero-order valence-corrected chi connectivity index (χ0v) is 13.5. The van der Waals surface area contributed by atoms with Crippen LogP contribution < -0.4 is 0 Å². The van der Waals surface area contributed by atoms with E-state index in [1.165, 1.54) is 51.3 Å². The minimum absolute atomic E-state index is 1.14. The van der Waals surface area contributed by atoms with E-state index >= 15 is 0 Å². The van der Waals surface area contributed by atoms with Gasteiger partial charge in [0.15, 0.2) is 0 Å². The van der Waals surface area contributed by atoms with Crippen molar-refractivity contribution in [2.24, 2.45) is 0 Å². The van der Waals surface area contributed by atoms with Gasteiger partial charge in [0, 0.05) is 5.92 Å². The molecule has 21 heavy (non-hydrogen) atoms. The van der Waals surface area contributed by atoms with Crippen LogP contribution in [0.5, 0.6) is 0 Å². The Balaban J connectivity index is 2.23. The van der Waals surface area contributed by atoms with Gasteiger partial charge in [0.2, 0.25) is 0 Å². The number of rotatable bonds is 3. The molecule has 0 N–H and O–H groups in total. The Hall–Kier alpha value is -1.82. The van der Waals surface area contributed by atoms with Gasteiger partial charge < -0.3 is 0 Å². The van der Waals surface area contributed by atoms with Crippen LogP contribution in [0.2, 0.25) is 0 Å². The highest BCUT2D eigenvalue weighted by Crippen LogP contribution is 2.45. The lowest BCUT2D eigenvalue weighted by Crippen LogP contribution is -1.95. The van der Waals surface area contributed by atoms with Gasteiger partial charge in [-0.3, -0.25) is 0 Å². The highest BCUT2D eigenvalue weighted by atomic mass is 14.3. The Kier molecular flexibility index (Phi) is 3.71. The maximum absolute atomic E-state index is 2.28. The Morgan fingerprint density at radius 3 is 2.14 bits per heavy atom. The molecule has 0 saturated heterocycles. The normalized spacial score (nSPS) is 14.7. The molecule has 0 spiro atoms. The van der Waals surface area contributed by atoms with Crippen LogP contribution >= 0.6 is 0 Å². The lowest BCUT2D eigenvalue weighted by molar-refractivity contribution is 0.923. The Bertz CT molecular complexity index is 704. The van der Waals surface area contributed by atoms with Crippen LogP contribution in [0.1, 0.15) is 50.8 Å². The second kappa shape index (κ2) is 5.52. The maximum Gasteiger partial charge on any atom is 0.0274 e. The van der Waals surface area contributed by atoms with Gasteiger partial charge in [-0.2, -0.15) is 0 Å². The number of aryl methyl sites for hydroxylation is 1. The minimum atomic E-state index is 1.14. The summed E-state index contributed by atoms with van der Waals surface area (Å²) in [5.41, 5.74) is 9.98. The fourth-order valence-electron chi connectivity index (χ4n) is 3.43. The van der Waals surface area contributed by atoms with E-state index in [4.69, 9.17) is 0 Å². The summed E-state index contributed by atoms with van der Waals surface area (Å²) in [4.78, 5) is 0. The van der Waals surface area contributed by atoms with Gasteiger partial charge in [0.25, 0.3) is 0 Å². The van der Waals surface area contributed by atoms with Crippen molar-refractivity contribution in [1.29, 1.82) is 0 Å². The number of benzene rings is 2. The Morgan fingerprint density at radius 2 is 1.38 bits per heavy atom. The molecule has 0 aliphatic heterocycles. The molecule has 1 radical (unpaired) electrons. The molecule has 1 aliphatic rings. The van der Waals surface area contributed by atoms with E-state index in [0.717, 1.165) is 6.42 Å². The van der Waals surface area contributed by atoms with E-state index < -0.39 is 0 Å². The van der Waals surface area contributed by atoms with Crippen LogP contribution in [0.15, 0.2) is 48.0 Å². The predicted molar refractivity (Wildman–Crippen MR) is 92.2 cm³/mol. The van der Waals surface area contributed by atoms with Crippen molar-refractivity contribution < 1.29 is 0 Å². The third-order valence-corrected chi connectivity index (χ3v) is 4.80. The second-order valence-corrected chi connectivity index (χ2v) is 6.01. The molecule has 2 aromatic rings. The lowest BCUT2D eigenvalue weighted by Gasteiger charge is -2.15. The first-order valence-electron chi connectivity index (χ1n) is 7.88. The van der Waals surface area contributed by atoms with Crippen molar-refractivity contribution in [3.63, 3.8) is 0 Å². The van der Waals surface area contributed by atoms with Crippen molar-refractivity contribution in [1.82, 2.24) is 0 Å². The first-order chi connectivity index (χ1) is 10.1. The molecule has 0 unspecified atom stereocenters. The van der Waals surface area contributed by atoms with E-state index in [0.29, 0.717) is 0 Å². The van der Waals surface area contributed by atoms with Crippen LogP contribution in [0.4, 0.5) is 0 Å². The first-order valence-corrected chi connectivity index (χ1v) is 7.88. The van der Waals surface area contributed by atoms with Gasteiger partial charge in [-0.1, -0.05) is 68.3 Å². The van der Waals surface area contributed by atoms with E-state index in [-0.39, 0.29) is 0 Å². The molecule has 0 fully saturated rings. The molecule has 0 atom stereocenters. The SMILES string of the molecule is CCCc1ccccc1-c1cccc2c1C(C)=C(C)[C]2C. The summed E-state index contributed by atoms with van der Waals surface area (Å²) in [5.74, 6) is 1.43. The van der Waals surface area contributed by atoms with Gasteiger partial charge in [-0.25, -0.2) is 0 Å². The van der Waals surface area contributed by atoms with E-state index in [2.05, 4.69) is 70.2 Å². The molecule has 0 saturated carbocycles. The average Bonchev–Trinajstić information content (AvgIpc) is 2.73. The molecule has 0 heteroatoms. The fourth-order valence-corrected chi connectivity index (χ4v) is 3.43. The van der Waals surface area contributed by atoms with Crippen molar-refractivity contribution in [2.45, 2.75) is 40.5 Å². The molecule has 0 amide bonds. The molecule has 0 aromatic heterocycles. The molecule has 0 heterocycles. The summed E-state index contributed by atoms with van der Waals surface area (Å²) in [6, 6.07) is 15.6. The second-order valence-electron chi connectivity index (χ2n) is 6.01. The highest BCUT2D eigenvalue weighted by molar-refractivity contribution is 5.91. The fraction of sp³-hybridized carbons (Fsp3) is 0.286.